The van der Waals surface area contributed by atoms with Gasteiger partial charge in [0.1, 0.15) is 11.9 Å². The van der Waals surface area contributed by atoms with Gasteiger partial charge in [0, 0.05) is 12.6 Å². The number of fused-ring (bicyclic) bond motifs is 1. The molecule has 0 saturated heterocycles. The predicted octanol–water partition coefficient (Wildman–Crippen LogP) is 4.66. The van der Waals surface area contributed by atoms with Gasteiger partial charge in [0.15, 0.2) is 0 Å². The van der Waals surface area contributed by atoms with Crippen LogP contribution in [0.5, 0.6) is 5.75 Å². The van der Waals surface area contributed by atoms with E-state index in [1.807, 2.05) is 12.1 Å². The summed E-state index contributed by atoms with van der Waals surface area (Å²) in [5, 5.41) is 0. The molecule has 0 heterocycles. The number of rotatable bonds is 6. The fourth-order valence-electron chi connectivity index (χ4n) is 3.79. The van der Waals surface area contributed by atoms with Crippen molar-refractivity contribution in [2.45, 2.75) is 38.3 Å². The topological polar surface area (TPSA) is 21.7 Å². The summed E-state index contributed by atoms with van der Waals surface area (Å²) in [5.41, 5.74) is 5.45. The van der Waals surface area contributed by atoms with Crippen molar-refractivity contribution >= 4 is 12.4 Å². The van der Waals surface area contributed by atoms with Gasteiger partial charge in [-0.2, -0.15) is 0 Å². The normalized spacial score (nSPS) is 17.3. The molecule has 1 unspecified atom stereocenters. The number of likely N-dealkylation sites (N-methyl/N-ethyl adjacent to an activating group) is 1. The Balaban J connectivity index is 0.00000243. The minimum Gasteiger partial charge on any atom is -0.497 e. The lowest BCUT2D eigenvalue weighted by atomic mass is 9.82. The highest BCUT2D eigenvalue weighted by atomic mass is 35.5. The van der Waals surface area contributed by atoms with Crippen molar-refractivity contribution in [1.29, 1.82) is 0 Å². The zero-order valence-corrected chi connectivity index (χ0v) is 17.0. The first-order chi connectivity index (χ1) is 12.1. The Morgan fingerprint density at radius 2 is 1.85 bits per heavy atom. The Labute approximate surface area is 163 Å². The molecule has 0 amide bonds. The van der Waals surface area contributed by atoms with Crippen LogP contribution < -0.4 is 4.74 Å². The third-order valence-electron chi connectivity index (χ3n) is 5.26. The number of methoxy groups -OCH3 is 1. The molecule has 2 aromatic rings. The summed E-state index contributed by atoms with van der Waals surface area (Å²) in [6, 6.07) is 15.6. The smallest absolute Gasteiger partial charge is 0.118 e. The lowest BCUT2D eigenvalue weighted by Gasteiger charge is -2.33. The Morgan fingerprint density at radius 3 is 2.46 bits per heavy atom. The summed E-state index contributed by atoms with van der Waals surface area (Å²) in [6.07, 6.45) is 3.45. The SMILES string of the molecule is CCO[C@H](c1ccc(OC)cc1)c1cccc2c1CC(N(C)C)CC2.Cl. The summed E-state index contributed by atoms with van der Waals surface area (Å²) in [4.78, 5) is 2.35. The average Bonchev–Trinajstić information content (AvgIpc) is 2.65. The molecule has 0 aromatic heterocycles. The number of halogens is 1. The van der Waals surface area contributed by atoms with E-state index in [-0.39, 0.29) is 18.5 Å². The maximum Gasteiger partial charge on any atom is 0.118 e. The minimum absolute atomic E-state index is 0. The second kappa shape index (κ2) is 9.40. The highest BCUT2D eigenvalue weighted by Gasteiger charge is 2.26. The second-order valence-electron chi connectivity index (χ2n) is 6.95. The average molecular weight is 376 g/mol. The number of hydrogen-bond donors (Lipinski definition) is 0. The third-order valence-corrected chi connectivity index (χ3v) is 5.26. The maximum atomic E-state index is 6.19. The number of nitrogens with zero attached hydrogens (tertiary/aromatic N) is 1. The molecule has 0 saturated carbocycles. The first kappa shape index (κ1) is 20.8. The van der Waals surface area contributed by atoms with Crippen LogP contribution in [-0.4, -0.2) is 38.8 Å². The molecule has 0 aliphatic heterocycles. The van der Waals surface area contributed by atoms with E-state index >= 15 is 0 Å². The summed E-state index contributed by atoms with van der Waals surface area (Å²) < 4.78 is 11.5. The van der Waals surface area contributed by atoms with Crippen molar-refractivity contribution in [3.63, 3.8) is 0 Å². The Morgan fingerprint density at radius 1 is 1.12 bits per heavy atom. The van der Waals surface area contributed by atoms with E-state index in [1.165, 1.54) is 28.7 Å². The van der Waals surface area contributed by atoms with Gasteiger partial charge < -0.3 is 14.4 Å². The lowest BCUT2D eigenvalue weighted by Crippen LogP contribution is -2.34. The molecule has 0 bridgehead atoms. The van der Waals surface area contributed by atoms with Gasteiger partial charge in [0.05, 0.1) is 7.11 Å². The van der Waals surface area contributed by atoms with E-state index in [0.717, 1.165) is 18.6 Å². The molecule has 0 radical (unpaired) electrons. The van der Waals surface area contributed by atoms with E-state index in [1.54, 1.807) is 7.11 Å². The first-order valence-electron chi connectivity index (χ1n) is 9.16. The number of hydrogen-bond acceptors (Lipinski definition) is 3. The summed E-state index contributed by atoms with van der Waals surface area (Å²) >= 11 is 0. The molecule has 3 nitrogen and oxygen atoms in total. The predicted molar refractivity (Wildman–Crippen MR) is 110 cm³/mol. The zero-order valence-electron chi connectivity index (χ0n) is 16.2. The van der Waals surface area contributed by atoms with Crippen LogP contribution in [0, 0.1) is 0 Å². The van der Waals surface area contributed by atoms with Crippen molar-refractivity contribution in [3.05, 3.63) is 64.7 Å². The van der Waals surface area contributed by atoms with Gasteiger partial charge in [-0.1, -0.05) is 30.3 Å². The van der Waals surface area contributed by atoms with Gasteiger partial charge in [-0.3, -0.25) is 0 Å². The van der Waals surface area contributed by atoms with E-state index in [9.17, 15) is 0 Å². The molecule has 1 aliphatic carbocycles. The molecule has 2 atom stereocenters. The van der Waals surface area contributed by atoms with Gasteiger partial charge in [0.25, 0.3) is 0 Å². The molecule has 4 heteroatoms. The maximum absolute atomic E-state index is 6.19. The fraction of sp³-hybridized carbons (Fsp3) is 0.455. The zero-order chi connectivity index (χ0) is 17.8. The van der Waals surface area contributed by atoms with Crippen LogP contribution in [0.4, 0.5) is 0 Å². The van der Waals surface area contributed by atoms with Crippen LogP contribution in [0.3, 0.4) is 0 Å². The third kappa shape index (κ3) is 4.40. The van der Waals surface area contributed by atoms with Gasteiger partial charge in [0.2, 0.25) is 0 Å². The van der Waals surface area contributed by atoms with Gasteiger partial charge in [-0.15, -0.1) is 12.4 Å². The quantitative estimate of drug-likeness (QED) is 0.732. The summed E-state index contributed by atoms with van der Waals surface area (Å²) in [5.74, 6) is 0.877. The molecule has 3 rings (SSSR count). The van der Waals surface area contributed by atoms with Gasteiger partial charge in [-0.25, -0.2) is 0 Å². The van der Waals surface area contributed by atoms with E-state index in [0.29, 0.717) is 12.6 Å². The monoisotopic (exact) mass is 375 g/mol. The highest BCUT2D eigenvalue weighted by molar-refractivity contribution is 5.85. The van der Waals surface area contributed by atoms with Crippen molar-refractivity contribution in [2.75, 3.05) is 27.8 Å². The van der Waals surface area contributed by atoms with Crippen LogP contribution in [0.1, 0.15) is 41.7 Å². The molecular weight excluding hydrogens is 346 g/mol. The number of ether oxygens (including phenoxy) is 2. The van der Waals surface area contributed by atoms with Crippen LogP contribution in [0.2, 0.25) is 0 Å². The highest BCUT2D eigenvalue weighted by Crippen LogP contribution is 2.35. The molecule has 1 aliphatic rings. The van der Waals surface area contributed by atoms with Crippen molar-refractivity contribution < 1.29 is 9.47 Å². The Bertz CT molecular complexity index is 700. The Hall–Kier alpha value is -1.55. The van der Waals surface area contributed by atoms with E-state index < -0.39 is 0 Å². The molecule has 0 fully saturated rings. The van der Waals surface area contributed by atoms with Crippen molar-refractivity contribution in [2.24, 2.45) is 0 Å². The molecular formula is C22H30ClNO2. The van der Waals surface area contributed by atoms with Crippen LogP contribution in [0.15, 0.2) is 42.5 Å². The van der Waals surface area contributed by atoms with Gasteiger partial charge in [-0.05, 0) is 74.7 Å². The summed E-state index contributed by atoms with van der Waals surface area (Å²) in [7, 11) is 6.06. The van der Waals surface area contributed by atoms with Crippen LogP contribution in [-0.2, 0) is 17.6 Å². The molecule has 0 N–H and O–H groups in total. The lowest BCUT2D eigenvalue weighted by molar-refractivity contribution is 0.0901. The molecule has 2 aromatic carbocycles. The fourth-order valence-corrected chi connectivity index (χ4v) is 3.79. The summed E-state index contributed by atoms with van der Waals surface area (Å²) in [6.45, 7) is 2.76. The number of benzene rings is 2. The Kier molecular flexibility index (Phi) is 7.51. The van der Waals surface area contributed by atoms with Crippen LogP contribution >= 0.6 is 12.4 Å². The van der Waals surface area contributed by atoms with Crippen molar-refractivity contribution in [3.8, 4) is 5.75 Å². The largest absolute Gasteiger partial charge is 0.497 e. The first-order valence-corrected chi connectivity index (χ1v) is 9.16. The van der Waals surface area contributed by atoms with E-state index in [2.05, 4.69) is 56.3 Å². The van der Waals surface area contributed by atoms with Crippen molar-refractivity contribution in [1.82, 2.24) is 4.90 Å². The van der Waals surface area contributed by atoms with Crippen LogP contribution in [0.25, 0.3) is 0 Å². The number of aryl methyl sites for hydroxylation is 1. The van der Waals surface area contributed by atoms with E-state index in [4.69, 9.17) is 9.47 Å². The molecule has 0 spiro atoms. The molecule has 142 valence electrons. The van der Waals surface area contributed by atoms with Gasteiger partial charge >= 0.3 is 0 Å². The molecule has 26 heavy (non-hydrogen) atoms. The minimum atomic E-state index is -0.0215. The standard InChI is InChI=1S/C22H29NO2.ClH/c1-5-25-22(17-10-13-19(24-4)14-11-17)20-8-6-7-16-9-12-18(23(2)3)15-21(16)20;/h6-8,10-11,13-14,18,22H,5,9,12,15H2,1-4H3;1H/t18?,22-;/m1./s1. The second-order valence-corrected chi connectivity index (χ2v) is 6.95.